The van der Waals surface area contributed by atoms with Crippen molar-refractivity contribution in [3.05, 3.63) is 65.9 Å². The monoisotopic (exact) mass is 330 g/mol. The molecule has 0 spiro atoms. The zero-order chi connectivity index (χ0) is 17.1. The third kappa shape index (κ3) is 3.10. The predicted octanol–water partition coefficient (Wildman–Crippen LogP) is 3.88. The number of methoxy groups -OCH3 is 1. The van der Waals surface area contributed by atoms with Gasteiger partial charge in [-0.25, -0.2) is 8.78 Å². The number of anilines is 1. The van der Waals surface area contributed by atoms with E-state index in [1.807, 2.05) is 0 Å². The molecule has 1 N–H and O–H groups in total. The first kappa shape index (κ1) is 15.7. The number of nitrogens with zero attached hydrogens (tertiary/aromatic N) is 1. The summed E-state index contributed by atoms with van der Waals surface area (Å²) in [6.45, 7) is 0. The highest BCUT2D eigenvalue weighted by Crippen LogP contribution is 2.29. The van der Waals surface area contributed by atoms with Gasteiger partial charge in [0.15, 0.2) is 11.6 Å². The molecule has 0 aliphatic heterocycles. The van der Waals surface area contributed by atoms with Gasteiger partial charge < -0.3 is 9.26 Å². The normalized spacial score (nSPS) is 10.5. The molecule has 0 saturated carbocycles. The molecule has 0 fully saturated rings. The maximum absolute atomic E-state index is 13.2. The Labute approximate surface area is 135 Å². The van der Waals surface area contributed by atoms with Crippen LogP contribution in [0.15, 0.2) is 53.2 Å². The van der Waals surface area contributed by atoms with Gasteiger partial charge in [-0.2, -0.15) is 0 Å². The molecule has 1 aromatic heterocycles. The second-order valence-corrected chi connectivity index (χ2v) is 4.88. The van der Waals surface area contributed by atoms with Gasteiger partial charge in [-0.05, 0) is 35.9 Å². The second kappa shape index (κ2) is 6.49. The van der Waals surface area contributed by atoms with E-state index in [-0.39, 0.29) is 11.4 Å². The van der Waals surface area contributed by atoms with Gasteiger partial charge in [-0.3, -0.25) is 10.1 Å². The molecule has 1 amide bonds. The van der Waals surface area contributed by atoms with Crippen LogP contribution >= 0.6 is 0 Å². The Bertz CT molecular complexity index is 876. The highest BCUT2D eigenvalue weighted by molar-refractivity contribution is 6.05. The number of halogens is 2. The minimum absolute atomic E-state index is 0.0361. The molecule has 0 unspecified atom stereocenters. The Kier molecular flexibility index (Phi) is 4.24. The molecule has 3 aromatic rings. The van der Waals surface area contributed by atoms with Crippen LogP contribution in [0.1, 0.15) is 10.4 Å². The van der Waals surface area contributed by atoms with Gasteiger partial charge in [0.2, 0.25) is 5.88 Å². The van der Waals surface area contributed by atoms with E-state index in [4.69, 9.17) is 9.26 Å². The van der Waals surface area contributed by atoms with E-state index in [2.05, 4.69) is 10.5 Å². The number of carbonyl (C=O) groups is 1. The fraction of sp³-hybridized carbons (Fsp3) is 0.0588. The first-order chi connectivity index (χ1) is 11.6. The largest absolute Gasteiger partial charge is 0.497 e. The van der Waals surface area contributed by atoms with Crippen LogP contribution in [-0.2, 0) is 0 Å². The molecule has 0 aliphatic carbocycles. The minimum Gasteiger partial charge on any atom is -0.497 e. The predicted molar refractivity (Wildman–Crippen MR) is 82.8 cm³/mol. The maximum Gasteiger partial charge on any atom is 0.258 e. The molecule has 0 aliphatic rings. The van der Waals surface area contributed by atoms with E-state index in [1.54, 1.807) is 31.4 Å². The van der Waals surface area contributed by atoms with Crippen molar-refractivity contribution in [1.29, 1.82) is 0 Å². The van der Waals surface area contributed by atoms with Crippen molar-refractivity contribution in [3.8, 4) is 16.9 Å². The van der Waals surface area contributed by atoms with Gasteiger partial charge in [0, 0.05) is 5.56 Å². The standard InChI is InChI=1S/C17H12F2N2O3/c1-23-12-5-2-10(3-6-12)13-9-20-24-17(13)21-16(22)11-4-7-14(18)15(19)8-11/h2-9H,1H3,(H,21,22). The van der Waals surface area contributed by atoms with Crippen LogP contribution in [-0.4, -0.2) is 18.2 Å². The Hall–Kier alpha value is -3.22. The minimum atomic E-state index is -1.10. The topological polar surface area (TPSA) is 64.4 Å². The van der Waals surface area contributed by atoms with Crippen molar-refractivity contribution in [1.82, 2.24) is 5.16 Å². The smallest absolute Gasteiger partial charge is 0.258 e. The first-order valence-corrected chi connectivity index (χ1v) is 6.94. The lowest BCUT2D eigenvalue weighted by molar-refractivity contribution is 0.102. The summed E-state index contributed by atoms with van der Waals surface area (Å²) < 4.78 is 36.3. The molecule has 24 heavy (non-hydrogen) atoms. The molecule has 7 heteroatoms. The summed E-state index contributed by atoms with van der Waals surface area (Å²) in [5, 5.41) is 6.16. The van der Waals surface area contributed by atoms with E-state index in [1.165, 1.54) is 12.3 Å². The third-order valence-electron chi connectivity index (χ3n) is 3.38. The first-order valence-electron chi connectivity index (χ1n) is 6.94. The van der Waals surface area contributed by atoms with Gasteiger partial charge in [0.1, 0.15) is 5.75 Å². The van der Waals surface area contributed by atoms with Crippen molar-refractivity contribution in [2.45, 2.75) is 0 Å². The number of benzene rings is 2. The highest BCUT2D eigenvalue weighted by atomic mass is 19.2. The van der Waals surface area contributed by atoms with E-state index in [0.29, 0.717) is 11.3 Å². The van der Waals surface area contributed by atoms with Crippen molar-refractivity contribution >= 4 is 11.8 Å². The number of hydrogen-bond acceptors (Lipinski definition) is 4. The molecule has 0 bridgehead atoms. The molecule has 5 nitrogen and oxygen atoms in total. The number of amides is 1. The molecule has 122 valence electrons. The highest BCUT2D eigenvalue weighted by Gasteiger charge is 2.16. The van der Waals surface area contributed by atoms with Gasteiger partial charge in [-0.15, -0.1) is 0 Å². The molecule has 1 heterocycles. The molecule has 0 saturated heterocycles. The quantitative estimate of drug-likeness (QED) is 0.788. The number of hydrogen-bond donors (Lipinski definition) is 1. The van der Waals surface area contributed by atoms with Crippen LogP contribution in [0.25, 0.3) is 11.1 Å². The summed E-state index contributed by atoms with van der Waals surface area (Å²) in [5.74, 6) is -1.97. The number of nitrogens with one attached hydrogen (secondary N) is 1. The number of carbonyl (C=O) groups excluding carboxylic acids is 1. The van der Waals surface area contributed by atoms with Crippen LogP contribution in [0.3, 0.4) is 0 Å². The van der Waals surface area contributed by atoms with Crippen LogP contribution in [0.5, 0.6) is 5.75 Å². The summed E-state index contributed by atoms with van der Waals surface area (Å²) in [6, 6.07) is 9.93. The van der Waals surface area contributed by atoms with Crippen molar-refractivity contribution in [2.75, 3.05) is 12.4 Å². The lowest BCUT2D eigenvalue weighted by atomic mass is 10.1. The molecule has 2 aromatic carbocycles. The zero-order valence-electron chi connectivity index (χ0n) is 12.5. The van der Waals surface area contributed by atoms with Crippen molar-refractivity contribution in [2.24, 2.45) is 0 Å². The Morgan fingerprint density at radius 3 is 2.54 bits per heavy atom. The van der Waals surface area contributed by atoms with Gasteiger partial charge in [0.25, 0.3) is 5.91 Å². The lowest BCUT2D eigenvalue weighted by Gasteiger charge is -2.05. The summed E-state index contributed by atoms with van der Waals surface area (Å²) in [7, 11) is 1.56. The molecular formula is C17H12F2N2O3. The Morgan fingerprint density at radius 2 is 1.88 bits per heavy atom. The molecular weight excluding hydrogens is 318 g/mol. The second-order valence-electron chi connectivity index (χ2n) is 4.88. The van der Waals surface area contributed by atoms with E-state index < -0.39 is 17.5 Å². The maximum atomic E-state index is 13.2. The Balaban J connectivity index is 1.84. The van der Waals surface area contributed by atoms with Crippen molar-refractivity contribution in [3.63, 3.8) is 0 Å². The van der Waals surface area contributed by atoms with Crippen molar-refractivity contribution < 1.29 is 22.8 Å². The lowest BCUT2D eigenvalue weighted by Crippen LogP contribution is -2.12. The van der Waals surface area contributed by atoms with Gasteiger partial charge >= 0.3 is 0 Å². The van der Waals surface area contributed by atoms with Crippen LogP contribution in [0, 0.1) is 11.6 Å². The fourth-order valence-corrected chi connectivity index (χ4v) is 2.12. The number of aromatic nitrogens is 1. The van der Waals surface area contributed by atoms with E-state index in [9.17, 15) is 13.6 Å². The summed E-state index contributed by atoms with van der Waals surface area (Å²) in [6.07, 6.45) is 1.45. The number of rotatable bonds is 4. The van der Waals surface area contributed by atoms with Crippen LogP contribution < -0.4 is 10.1 Å². The number of ether oxygens (including phenoxy) is 1. The van der Waals surface area contributed by atoms with Crippen LogP contribution in [0.2, 0.25) is 0 Å². The van der Waals surface area contributed by atoms with Gasteiger partial charge in [-0.1, -0.05) is 17.3 Å². The average Bonchev–Trinajstić information content (AvgIpc) is 3.05. The van der Waals surface area contributed by atoms with Gasteiger partial charge in [0.05, 0.1) is 18.9 Å². The summed E-state index contributed by atoms with van der Waals surface area (Å²) in [5.41, 5.74) is 1.26. The van der Waals surface area contributed by atoms with Crippen LogP contribution in [0.4, 0.5) is 14.7 Å². The summed E-state index contributed by atoms with van der Waals surface area (Å²) in [4.78, 5) is 12.2. The average molecular weight is 330 g/mol. The third-order valence-corrected chi connectivity index (χ3v) is 3.38. The summed E-state index contributed by atoms with van der Waals surface area (Å²) >= 11 is 0. The molecule has 0 atom stereocenters. The SMILES string of the molecule is COc1ccc(-c2cnoc2NC(=O)c2ccc(F)c(F)c2)cc1. The molecule has 0 radical (unpaired) electrons. The van der Waals surface area contributed by atoms with E-state index in [0.717, 1.165) is 17.7 Å². The molecule has 3 rings (SSSR count). The Morgan fingerprint density at radius 1 is 1.12 bits per heavy atom. The fourth-order valence-electron chi connectivity index (χ4n) is 2.12. The van der Waals surface area contributed by atoms with E-state index >= 15 is 0 Å². The zero-order valence-corrected chi connectivity index (χ0v) is 12.5.